The van der Waals surface area contributed by atoms with Crippen molar-refractivity contribution in [2.45, 2.75) is 26.2 Å². The van der Waals surface area contributed by atoms with Gasteiger partial charge in [0.25, 0.3) is 0 Å². The average molecular weight is 248 g/mol. The highest BCUT2D eigenvalue weighted by Crippen LogP contribution is 2.46. The van der Waals surface area contributed by atoms with Gasteiger partial charge in [-0.25, -0.2) is 0 Å². The van der Waals surface area contributed by atoms with Crippen molar-refractivity contribution in [2.75, 3.05) is 11.9 Å². The molecule has 90 valence electrons. The number of hydrogen-bond acceptors (Lipinski definition) is 1. The summed E-state index contributed by atoms with van der Waals surface area (Å²) < 4.78 is 0. The zero-order valence-electron chi connectivity index (χ0n) is 10.8. The van der Waals surface area contributed by atoms with Crippen LogP contribution in [0.25, 0.3) is 0 Å². The van der Waals surface area contributed by atoms with Crippen molar-refractivity contribution in [3.63, 3.8) is 0 Å². The van der Waals surface area contributed by atoms with E-state index in [1.165, 1.54) is 16.9 Å². The van der Waals surface area contributed by atoms with E-state index < -0.39 is 0 Å². The number of rotatable bonds is 1. The molecule has 0 aromatic heterocycles. The fourth-order valence-electron chi connectivity index (χ4n) is 2.50. The second-order valence-electron chi connectivity index (χ2n) is 5.01. The first-order valence-corrected chi connectivity index (χ1v) is 6.20. The predicted molar refractivity (Wildman–Crippen MR) is 75.6 cm³/mol. The lowest BCUT2D eigenvalue weighted by Crippen LogP contribution is -2.22. The summed E-state index contributed by atoms with van der Waals surface area (Å²) in [5.41, 5.74) is 3.96. The number of nitrogens with zero attached hydrogens (tertiary/aromatic N) is 1. The lowest BCUT2D eigenvalue weighted by Gasteiger charge is -2.23. The molecule has 0 atom stereocenters. The van der Waals surface area contributed by atoms with Crippen LogP contribution in [-0.4, -0.2) is 7.05 Å². The van der Waals surface area contributed by atoms with E-state index in [9.17, 15) is 0 Å². The Bertz CT molecular complexity index is 493. The van der Waals surface area contributed by atoms with Gasteiger partial charge < -0.3 is 4.90 Å². The molecule has 0 amide bonds. The van der Waals surface area contributed by atoms with E-state index in [1.807, 2.05) is 13.0 Å². The number of allylic oxidation sites excluding steroid dienone is 4. The molecule has 0 saturated heterocycles. The minimum Gasteiger partial charge on any atom is -0.347 e. The summed E-state index contributed by atoms with van der Waals surface area (Å²) in [6.45, 7) is 6.39. The van der Waals surface area contributed by atoms with Gasteiger partial charge in [0.2, 0.25) is 0 Å². The predicted octanol–water partition coefficient (Wildman–Crippen LogP) is 4.44. The van der Waals surface area contributed by atoms with E-state index in [0.717, 1.165) is 5.03 Å². The fraction of sp³-hybridized carbons (Fsp3) is 0.333. The van der Waals surface area contributed by atoms with Gasteiger partial charge in [-0.1, -0.05) is 43.6 Å². The minimum absolute atomic E-state index is 0.0359. The van der Waals surface area contributed by atoms with Crippen molar-refractivity contribution >= 4 is 17.3 Å². The van der Waals surface area contributed by atoms with Crippen LogP contribution in [0.1, 0.15) is 26.3 Å². The number of fused-ring (bicyclic) bond motifs is 1. The van der Waals surface area contributed by atoms with Gasteiger partial charge in [0, 0.05) is 28.9 Å². The van der Waals surface area contributed by atoms with Gasteiger partial charge in [-0.15, -0.1) is 0 Å². The molecule has 1 nitrogen and oxygen atoms in total. The van der Waals surface area contributed by atoms with Gasteiger partial charge in [0.15, 0.2) is 0 Å². The zero-order chi connectivity index (χ0) is 12.6. The highest BCUT2D eigenvalue weighted by atomic mass is 35.5. The standard InChI is InChI=1S/C15H18ClN/c1-11(16)9-10-14-15(2,3)12-7-5-6-8-13(12)17(14)4/h5-10H,1-4H3/b11-9-,14-10-. The minimum atomic E-state index is 0.0359. The summed E-state index contributed by atoms with van der Waals surface area (Å²) in [5, 5.41) is 0.803. The maximum absolute atomic E-state index is 5.91. The Balaban J connectivity index is 2.54. The van der Waals surface area contributed by atoms with Crippen LogP contribution in [0.5, 0.6) is 0 Å². The van der Waals surface area contributed by atoms with Crippen molar-refractivity contribution < 1.29 is 0 Å². The quantitative estimate of drug-likeness (QED) is 0.709. The molecule has 1 aliphatic rings. The van der Waals surface area contributed by atoms with Crippen molar-refractivity contribution in [3.8, 4) is 0 Å². The number of benzene rings is 1. The van der Waals surface area contributed by atoms with Crippen LogP contribution in [-0.2, 0) is 5.41 Å². The van der Waals surface area contributed by atoms with E-state index in [0.29, 0.717) is 0 Å². The monoisotopic (exact) mass is 247 g/mol. The Morgan fingerprint density at radius 3 is 2.53 bits per heavy atom. The number of anilines is 1. The Hall–Kier alpha value is -1.21. The van der Waals surface area contributed by atoms with Crippen LogP contribution in [0.4, 0.5) is 5.69 Å². The van der Waals surface area contributed by atoms with E-state index in [4.69, 9.17) is 11.6 Å². The van der Waals surface area contributed by atoms with Gasteiger partial charge in [0.05, 0.1) is 0 Å². The van der Waals surface area contributed by atoms with Crippen LogP contribution < -0.4 is 4.90 Å². The third kappa shape index (κ3) is 2.00. The highest BCUT2D eigenvalue weighted by Gasteiger charge is 2.37. The molecule has 0 spiro atoms. The Kier molecular flexibility index (Phi) is 3.05. The van der Waals surface area contributed by atoms with Crippen LogP contribution in [0.15, 0.2) is 47.1 Å². The lowest BCUT2D eigenvalue weighted by atomic mass is 9.84. The summed E-state index contributed by atoms with van der Waals surface area (Å²) in [7, 11) is 2.11. The largest absolute Gasteiger partial charge is 0.347 e. The van der Waals surface area contributed by atoms with Crippen LogP contribution in [0, 0.1) is 0 Å². The van der Waals surface area contributed by atoms with Gasteiger partial charge in [0.1, 0.15) is 0 Å². The summed E-state index contributed by atoms with van der Waals surface area (Å²) in [6, 6.07) is 8.54. The van der Waals surface area contributed by atoms with Crippen molar-refractivity contribution in [3.05, 3.63) is 52.7 Å². The third-order valence-corrected chi connectivity index (χ3v) is 3.54. The Morgan fingerprint density at radius 1 is 1.29 bits per heavy atom. The molecule has 2 rings (SSSR count). The van der Waals surface area contributed by atoms with Gasteiger partial charge >= 0.3 is 0 Å². The first-order chi connectivity index (χ1) is 7.94. The summed E-state index contributed by atoms with van der Waals surface area (Å²) in [4.78, 5) is 2.24. The highest BCUT2D eigenvalue weighted by molar-refractivity contribution is 6.29. The second kappa shape index (κ2) is 4.23. The first kappa shape index (κ1) is 12.3. The van der Waals surface area contributed by atoms with Crippen molar-refractivity contribution in [2.24, 2.45) is 0 Å². The molecule has 1 heterocycles. The molecule has 1 aromatic carbocycles. The Labute approximate surface area is 108 Å². The van der Waals surface area contributed by atoms with E-state index in [1.54, 1.807) is 0 Å². The maximum atomic E-state index is 5.91. The van der Waals surface area contributed by atoms with Gasteiger partial charge in [-0.3, -0.25) is 0 Å². The first-order valence-electron chi connectivity index (χ1n) is 5.82. The number of hydrogen-bond donors (Lipinski definition) is 0. The molecular formula is C15H18ClN. The molecule has 17 heavy (non-hydrogen) atoms. The van der Waals surface area contributed by atoms with E-state index >= 15 is 0 Å². The number of para-hydroxylation sites is 1. The molecule has 2 heteroatoms. The zero-order valence-corrected chi connectivity index (χ0v) is 11.5. The SMILES string of the molecule is C/C(Cl)=C/C=C1\N(C)c2ccccc2C1(C)C. The van der Waals surface area contributed by atoms with Crippen LogP contribution >= 0.6 is 11.6 Å². The third-order valence-electron chi connectivity index (χ3n) is 3.41. The molecule has 0 bridgehead atoms. The summed E-state index contributed by atoms with van der Waals surface area (Å²) in [5.74, 6) is 0. The van der Waals surface area contributed by atoms with Crippen molar-refractivity contribution in [1.82, 2.24) is 0 Å². The van der Waals surface area contributed by atoms with Crippen LogP contribution in [0.3, 0.4) is 0 Å². The van der Waals surface area contributed by atoms with Gasteiger partial charge in [-0.2, -0.15) is 0 Å². The molecule has 0 unspecified atom stereocenters. The maximum Gasteiger partial charge on any atom is 0.0447 e. The smallest absolute Gasteiger partial charge is 0.0447 e. The number of halogens is 1. The Morgan fingerprint density at radius 2 is 1.94 bits per heavy atom. The number of likely N-dealkylation sites (N-methyl/N-ethyl adjacent to an activating group) is 1. The molecule has 0 aliphatic carbocycles. The van der Waals surface area contributed by atoms with Crippen molar-refractivity contribution in [1.29, 1.82) is 0 Å². The molecule has 1 aromatic rings. The second-order valence-corrected chi connectivity index (χ2v) is 5.60. The normalized spacial score (nSPS) is 20.9. The average Bonchev–Trinajstić information content (AvgIpc) is 2.46. The van der Waals surface area contributed by atoms with Crippen LogP contribution in [0.2, 0.25) is 0 Å². The lowest BCUT2D eigenvalue weighted by molar-refractivity contribution is 0.640. The summed E-state index contributed by atoms with van der Waals surface area (Å²) in [6.07, 6.45) is 4.07. The molecule has 0 saturated carbocycles. The topological polar surface area (TPSA) is 3.24 Å². The van der Waals surface area contributed by atoms with E-state index in [-0.39, 0.29) is 5.41 Å². The molecule has 0 fully saturated rings. The van der Waals surface area contributed by atoms with E-state index in [2.05, 4.69) is 56.1 Å². The summed E-state index contributed by atoms with van der Waals surface area (Å²) >= 11 is 5.91. The van der Waals surface area contributed by atoms with Gasteiger partial charge in [-0.05, 0) is 30.7 Å². The molecular weight excluding hydrogens is 230 g/mol. The fourth-order valence-corrected chi connectivity index (χ4v) is 2.56. The molecule has 0 radical (unpaired) electrons. The molecule has 0 N–H and O–H groups in total. The molecule has 1 aliphatic heterocycles.